The number of para-hydroxylation sites is 1. The van der Waals surface area contributed by atoms with Crippen molar-refractivity contribution in [3.8, 4) is 5.75 Å². The molecule has 152 valence electrons. The average molecular weight is 427 g/mol. The predicted molar refractivity (Wildman–Crippen MR) is 111 cm³/mol. The second kappa shape index (κ2) is 7.91. The molecule has 3 aromatic carbocycles. The Morgan fingerprint density at radius 2 is 1.67 bits per heavy atom. The first kappa shape index (κ1) is 20.1. The number of rotatable bonds is 3. The lowest BCUT2D eigenvalue weighted by Crippen LogP contribution is -2.27. The summed E-state index contributed by atoms with van der Waals surface area (Å²) >= 11 is 1.34. The number of methoxy groups -OCH3 is 1. The van der Waals surface area contributed by atoms with Crippen molar-refractivity contribution in [2.75, 3.05) is 12.0 Å². The number of carbonyl (C=O) groups is 1. The molecule has 3 aromatic rings. The summed E-state index contributed by atoms with van der Waals surface area (Å²) < 4.78 is 44.9. The van der Waals surface area contributed by atoms with Gasteiger partial charge >= 0.3 is 6.18 Å². The van der Waals surface area contributed by atoms with Crippen LogP contribution in [-0.4, -0.2) is 13.0 Å². The third-order valence-electron chi connectivity index (χ3n) is 4.61. The molecule has 1 aliphatic rings. The molecule has 7 heteroatoms. The van der Waals surface area contributed by atoms with Crippen LogP contribution in [-0.2, 0) is 11.0 Å². The van der Waals surface area contributed by atoms with Crippen LogP contribution in [0.4, 0.5) is 24.5 Å². The Balaban J connectivity index is 1.74. The largest absolute Gasteiger partial charge is 0.497 e. The molecule has 4 rings (SSSR count). The van der Waals surface area contributed by atoms with E-state index in [2.05, 4.69) is 0 Å². The molecular formula is C23H16F3NO2S. The Morgan fingerprint density at radius 3 is 2.37 bits per heavy atom. The maximum absolute atomic E-state index is 13.3. The third kappa shape index (κ3) is 3.93. The van der Waals surface area contributed by atoms with E-state index in [1.54, 1.807) is 49.6 Å². The van der Waals surface area contributed by atoms with E-state index in [0.29, 0.717) is 16.3 Å². The van der Waals surface area contributed by atoms with Gasteiger partial charge in [0.25, 0.3) is 5.91 Å². The van der Waals surface area contributed by atoms with Gasteiger partial charge < -0.3 is 4.74 Å². The van der Waals surface area contributed by atoms with Crippen molar-refractivity contribution in [3.05, 3.63) is 83.9 Å². The van der Waals surface area contributed by atoms with Crippen LogP contribution < -0.4 is 9.64 Å². The van der Waals surface area contributed by atoms with Crippen LogP contribution >= 0.6 is 11.8 Å². The highest BCUT2D eigenvalue weighted by Crippen LogP contribution is 2.49. The van der Waals surface area contributed by atoms with Gasteiger partial charge in [0.2, 0.25) is 0 Å². The summed E-state index contributed by atoms with van der Waals surface area (Å²) in [5.41, 5.74) is 0.753. The van der Waals surface area contributed by atoms with E-state index < -0.39 is 17.6 Å². The van der Waals surface area contributed by atoms with Crippen molar-refractivity contribution in [1.82, 2.24) is 0 Å². The molecule has 0 saturated carbocycles. The van der Waals surface area contributed by atoms with E-state index in [-0.39, 0.29) is 5.69 Å². The number of hydrogen-bond donors (Lipinski definition) is 0. The van der Waals surface area contributed by atoms with Gasteiger partial charge in [0.15, 0.2) is 0 Å². The minimum atomic E-state index is -4.50. The lowest BCUT2D eigenvalue weighted by Gasteiger charge is -2.31. The first-order chi connectivity index (χ1) is 14.4. The van der Waals surface area contributed by atoms with Crippen LogP contribution in [0.15, 0.2) is 82.6 Å². The number of amides is 1. The van der Waals surface area contributed by atoms with Crippen molar-refractivity contribution in [2.45, 2.75) is 16.0 Å². The van der Waals surface area contributed by atoms with Gasteiger partial charge in [-0.3, -0.25) is 9.69 Å². The van der Waals surface area contributed by atoms with E-state index in [1.165, 1.54) is 28.8 Å². The molecule has 1 heterocycles. The smallest absolute Gasteiger partial charge is 0.416 e. The maximum Gasteiger partial charge on any atom is 0.416 e. The number of nitrogens with zero attached hydrogens (tertiary/aromatic N) is 1. The Morgan fingerprint density at radius 1 is 0.967 bits per heavy atom. The van der Waals surface area contributed by atoms with Crippen molar-refractivity contribution in [3.63, 3.8) is 0 Å². The van der Waals surface area contributed by atoms with E-state index in [1.807, 2.05) is 12.1 Å². The highest BCUT2D eigenvalue weighted by Gasteiger charge is 2.34. The highest BCUT2D eigenvalue weighted by atomic mass is 32.2. The second-order valence-electron chi connectivity index (χ2n) is 6.53. The van der Waals surface area contributed by atoms with Gasteiger partial charge in [-0.15, -0.1) is 0 Å². The van der Waals surface area contributed by atoms with Crippen LogP contribution in [0.1, 0.15) is 11.1 Å². The Labute approximate surface area is 175 Å². The molecule has 0 atom stereocenters. The summed E-state index contributed by atoms with van der Waals surface area (Å²) in [4.78, 5) is 15.8. The summed E-state index contributed by atoms with van der Waals surface area (Å²) in [6.07, 6.45) is -1.51. The maximum atomic E-state index is 13.3. The van der Waals surface area contributed by atoms with Crippen LogP contribution in [0.25, 0.3) is 6.08 Å². The number of ether oxygens (including phenoxy) is 1. The molecular weight excluding hydrogens is 411 g/mol. The molecule has 0 bridgehead atoms. The van der Waals surface area contributed by atoms with Crippen molar-refractivity contribution in [2.24, 2.45) is 0 Å². The van der Waals surface area contributed by atoms with E-state index in [0.717, 1.165) is 22.6 Å². The normalized spacial score (nSPS) is 13.1. The van der Waals surface area contributed by atoms with Crippen LogP contribution in [0.3, 0.4) is 0 Å². The minimum Gasteiger partial charge on any atom is -0.497 e. The summed E-state index contributed by atoms with van der Waals surface area (Å²) in [5, 5.41) is 0. The molecule has 0 aliphatic carbocycles. The number of anilines is 2. The van der Waals surface area contributed by atoms with Gasteiger partial charge in [0.05, 0.1) is 24.0 Å². The zero-order chi connectivity index (χ0) is 21.3. The molecule has 0 unspecified atom stereocenters. The molecule has 0 spiro atoms. The van der Waals surface area contributed by atoms with E-state index in [9.17, 15) is 18.0 Å². The number of halogens is 3. The van der Waals surface area contributed by atoms with E-state index in [4.69, 9.17) is 4.74 Å². The molecule has 0 fully saturated rings. The fraction of sp³-hybridized carbons (Fsp3) is 0.0870. The number of alkyl halides is 3. The predicted octanol–water partition coefficient (Wildman–Crippen LogP) is 6.56. The molecule has 30 heavy (non-hydrogen) atoms. The van der Waals surface area contributed by atoms with Crippen LogP contribution in [0, 0.1) is 0 Å². The molecule has 0 radical (unpaired) electrons. The van der Waals surface area contributed by atoms with Crippen molar-refractivity contribution < 1.29 is 22.7 Å². The molecule has 1 aliphatic heterocycles. The van der Waals surface area contributed by atoms with Gasteiger partial charge in [0, 0.05) is 15.9 Å². The minimum absolute atomic E-state index is 0.220. The zero-order valence-corrected chi connectivity index (χ0v) is 16.6. The standard InChI is InChI=1S/C23H16F3NO2S/c1-29-17-10-6-15(7-11-17)8-13-22(28)27-18-4-2-3-5-20(18)30-21-12-9-16(14-19(21)27)23(24,25)26/h2-14H,1H3/b13-8+. The molecule has 1 amide bonds. The zero-order valence-electron chi connectivity index (χ0n) is 15.8. The average Bonchev–Trinajstić information content (AvgIpc) is 2.75. The molecule has 0 saturated heterocycles. The van der Waals surface area contributed by atoms with E-state index >= 15 is 0 Å². The SMILES string of the molecule is COc1ccc(/C=C/C(=O)N2c3ccccc3Sc3ccc(C(F)(F)F)cc32)cc1. The summed E-state index contributed by atoms with van der Waals surface area (Å²) in [6, 6.07) is 17.7. The Bertz CT molecular complexity index is 1120. The van der Waals surface area contributed by atoms with Gasteiger partial charge in [-0.25, -0.2) is 0 Å². The fourth-order valence-corrected chi connectivity index (χ4v) is 4.16. The van der Waals surface area contributed by atoms with Gasteiger partial charge in [-0.05, 0) is 54.1 Å². The van der Waals surface area contributed by atoms with Crippen LogP contribution in [0.2, 0.25) is 0 Å². The Hall–Kier alpha value is -3.19. The molecule has 3 nitrogen and oxygen atoms in total. The highest BCUT2D eigenvalue weighted by molar-refractivity contribution is 7.99. The fourth-order valence-electron chi connectivity index (χ4n) is 3.13. The summed E-state index contributed by atoms with van der Waals surface area (Å²) in [7, 11) is 1.56. The quantitative estimate of drug-likeness (QED) is 0.444. The lowest BCUT2D eigenvalue weighted by atomic mass is 10.1. The van der Waals surface area contributed by atoms with Crippen LogP contribution in [0.5, 0.6) is 5.75 Å². The first-order valence-electron chi connectivity index (χ1n) is 9.01. The monoisotopic (exact) mass is 427 g/mol. The number of carbonyl (C=O) groups excluding carboxylic acids is 1. The summed E-state index contributed by atoms with van der Waals surface area (Å²) in [6.45, 7) is 0. The van der Waals surface area contributed by atoms with Gasteiger partial charge in [-0.2, -0.15) is 13.2 Å². The molecule has 0 N–H and O–H groups in total. The number of benzene rings is 3. The van der Waals surface area contributed by atoms with Crippen molar-refractivity contribution in [1.29, 1.82) is 0 Å². The third-order valence-corrected chi connectivity index (χ3v) is 5.74. The number of hydrogen-bond acceptors (Lipinski definition) is 3. The topological polar surface area (TPSA) is 29.5 Å². The summed E-state index contributed by atoms with van der Waals surface area (Å²) in [5.74, 6) is 0.258. The first-order valence-corrected chi connectivity index (χ1v) is 9.83. The molecule has 0 aromatic heterocycles. The second-order valence-corrected chi connectivity index (χ2v) is 7.61. The lowest BCUT2D eigenvalue weighted by molar-refractivity contribution is -0.137. The van der Waals surface area contributed by atoms with Gasteiger partial charge in [-0.1, -0.05) is 36.0 Å². The number of fused-ring (bicyclic) bond motifs is 2. The Kier molecular flexibility index (Phi) is 5.30. The van der Waals surface area contributed by atoms with Gasteiger partial charge in [0.1, 0.15) is 5.75 Å². The van der Waals surface area contributed by atoms with Crippen molar-refractivity contribution >= 4 is 35.1 Å².